The highest BCUT2D eigenvalue weighted by molar-refractivity contribution is 9.10. The molecule has 3 N–H and O–H groups in total. The van der Waals surface area contributed by atoms with Crippen LogP contribution >= 0.6 is 15.9 Å². The molecule has 0 heterocycles. The van der Waals surface area contributed by atoms with Gasteiger partial charge in [0.2, 0.25) is 0 Å². The molecule has 1 rings (SSSR count). The zero-order chi connectivity index (χ0) is 10.9. The van der Waals surface area contributed by atoms with Crippen LogP contribution in [0, 0.1) is 0 Å². The Morgan fingerprint density at radius 2 is 1.93 bits per heavy atom. The summed E-state index contributed by atoms with van der Waals surface area (Å²) in [5.74, 6) is 0. The highest BCUT2D eigenvalue weighted by atomic mass is 79.9. The maximum atomic E-state index is 12.4. The molecule has 0 saturated carbocycles. The highest BCUT2D eigenvalue weighted by Crippen LogP contribution is 2.37. The lowest BCUT2D eigenvalue weighted by Crippen LogP contribution is -2.10. The molecule has 0 radical (unpaired) electrons. The number of rotatable bonds is 1. The van der Waals surface area contributed by atoms with Crippen molar-refractivity contribution in [2.24, 2.45) is 0 Å². The van der Waals surface area contributed by atoms with Gasteiger partial charge in [-0.25, -0.2) is 0 Å². The number of halogens is 4. The molecule has 0 aliphatic carbocycles. The number of aliphatic hydroxyl groups excluding tert-OH is 1. The van der Waals surface area contributed by atoms with Gasteiger partial charge in [0.05, 0.1) is 12.2 Å². The minimum absolute atomic E-state index is 0.0924. The average molecular weight is 270 g/mol. The number of anilines is 1. The first kappa shape index (κ1) is 11.3. The van der Waals surface area contributed by atoms with E-state index in [4.69, 9.17) is 10.8 Å². The Hall–Kier alpha value is -0.750. The third-order valence-electron chi connectivity index (χ3n) is 1.74. The summed E-state index contributed by atoms with van der Waals surface area (Å²) in [6.07, 6.45) is -4.48. The summed E-state index contributed by atoms with van der Waals surface area (Å²) >= 11 is 2.90. The molecule has 1 aromatic carbocycles. The molecular weight excluding hydrogens is 263 g/mol. The second kappa shape index (κ2) is 3.78. The number of nitrogens with two attached hydrogens (primary N) is 1. The molecule has 0 saturated heterocycles. The second-order valence-corrected chi connectivity index (χ2v) is 3.44. The van der Waals surface area contributed by atoms with Crippen molar-refractivity contribution in [2.45, 2.75) is 12.8 Å². The normalized spacial score (nSPS) is 11.8. The van der Waals surface area contributed by atoms with Crippen LogP contribution in [0.1, 0.15) is 11.1 Å². The van der Waals surface area contributed by atoms with Crippen LogP contribution < -0.4 is 5.73 Å². The number of nitrogen functional groups attached to an aromatic ring is 1. The Bertz CT molecular complexity index is 351. The van der Waals surface area contributed by atoms with Gasteiger partial charge in [0.1, 0.15) is 0 Å². The lowest BCUT2D eigenvalue weighted by Gasteiger charge is -2.13. The Morgan fingerprint density at radius 3 is 2.36 bits per heavy atom. The molecule has 0 aromatic heterocycles. The summed E-state index contributed by atoms with van der Waals surface area (Å²) in [7, 11) is 0. The third-order valence-corrected chi connectivity index (χ3v) is 2.67. The zero-order valence-corrected chi connectivity index (χ0v) is 8.48. The van der Waals surface area contributed by atoms with Crippen molar-refractivity contribution >= 4 is 21.6 Å². The Kier molecular flexibility index (Phi) is 3.06. The first-order chi connectivity index (χ1) is 6.38. The van der Waals surface area contributed by atoms with Gasteiger partial charge in [0.15, 0.2) is 0 Å². The first-order valence-corrected chi connectivity index (χ1v) is 4.42. The fourth-order valence-electron chi connectivity index (χ4n) is 1.06. The highest BCUT2D eigenvalue weighted by Gasteiger charge is 2.34. The van der Waals surface area contributed by atoms with E-state index < -0.39 is 18.3 Å². The zero-order valence-electron chi connectivity index (χ0n) is 6.90. The SMILES string of the molecule is Nc1ccc(C(F)(F)F)c(CO)c1Br. The van der Waals surface area contributed by atoms with Crippen molar-refractivity contribution in [2.75, 3.05) is 5.73 Å². The molecule has 0 unspecified atom stereocenters. The van der Waals surface area contributed by atoms with E-state index in [2.05, 4.69) is 15.9 Å². The smallest absolute Gasteiger partial charge is 0.398 e. The molecule has 0 fully saturated rings. The van der Waals surface area contributed by atoms with Gasteiger partial charge >= 0.3 is 6.18 Å². The predicted octanol–water partition coefficient (Wildman–Crippen LogP) is 2.54. The molecule has 0 spiro atoms. The number of hydrogen-bond acceptors (Lipinski definition) is 2. The number of alkyl halides is 3. The van der Waals surface area contributed by atoms with Crippen molar-refractivity contribution in [3.05, 3.63) is 27.7 Å². The van der Waals surface area contributed by atoms with E-state index in [9.17, 15) is 13.2 Å². The van der Waals surface area contributed by atoms with Crippen molar-refractivity contribution in [1.82, 2.24) is 0 Å². The molecule has 1 aromatic rings. The molecule has 2 nitrogen and oxygen atoms in total. The number of hydrogen-bond donors (Lipinski definition) is 2. The lowest BCUT2D eigenvalue weighted by atomic mass is 10.1. The van der Waals surface area contributed by atoms with Crippen LogP contribution in [0.2, 0.25) is 0 Å². The van der Waals surface area contributed by atoms with E-state index in [1.165, 1.54) is 0 Å². The van der Waals surface area contributed by atoms with Crippen molar-refractivity contribution in [3.63, 3.8) is 0 Å². The molecule has 0 bridgehead atoms. The fourth-order valence-corrected chi connectivity index (χ4v) is 1.53. The van der Waals surface area contributed by atoms with E-state index in [0.29, 0.717) is 0 Å². The van der Waals surface area contributed by atoms with E-state index in [-0.39, 0.29) is 15.7 Å². The summed E-state index contributed by atoms with van der Waals surface area (Å²) < 4.78 is 37.2. The monoisotopic (exact) mass is 269 g/mol. The Morgan fingerprint density at radius 1 is 1.36 bits per heavy atom. The van der Waals surface area contributed by atoms with Crippen LogP contribution in [0.3, 0.4) is 0 Å². The maximum absolute atomic E-state index is 12.4. The summed E-state index contributed by atoms with van der Waals surface area (Å²) in [4.78, 5) is 0. The molecule has 0 aliphatic heterocycles. The minimum Gasteiger partial charge on any atom is -0.398 e. The number of benzene rings is 1. The summed E-state index contributed by atoms with van der Waals surface area (Å²) in [6.45, 7) is -0.708. The topological polar surface area (TPSA) is 46.2 Å². The third kappa shape index (κ3) is 2.01. The van der Waals surface area contributed by atoms with Gasteiger partial charge in [-0.1, -0.05) is 0 Å². The molecule has 14 heavy (non-hydrogen) atoms. The van der Waals surface area contributed by atoms with Gasteiger partial charge in [-0.05, 0) is 28.1 Å². The van der Waals surface area contributed by atoms with Crippen molar-refractivity contribution in [3.8, 4) is 0 Å². The summed E-state index contributed by atoms with van der Waals surface area (Å²) in [5, 5.41) is 8.80. The predicted molar refractivity (Wildman–Crippen MR) is 49.5 cm³/mol. The minimum atomic E-state index is -4.48. The van der Waals surface area contributed by atoms with Crippen molar-refractivity contribution < 1.29 is 18.3 Å². The van der Waals surface area contributed by atoms with E-state index in [1.54, 1.807) is 0 Å². The van der Waals surface area contributed by atoms with Crippen LogP contribution in [0.4, 0.5) is 18.9 Å². The second-order valence-electron chi connectivity index (χ2n) is 2.65. The van der Waals surface area contributed by atoms with Crippen LogP contribution in [-0.4, -0.2) is 5.11 Å². The van der Waals surface area contributed by atoms with Crippen molar-refractivity contribution in [1.29, 1.82) is 0 Å². The van der Waals surface area contributed by atoms with Gasteiger partial charge < -0.3 is 10.8 Å². The van der Waals surface area contributed by atoms with Crippen LogP contribution in [0.15, 0.2) is 16.6 Å². The quantitative estimate of drug-likeness (QED) is 0.770. The summed E-state index contributed by atoms with van der Waals surface area (Å²) in [6, 6.07) is 2.00. The standard InChI is InChI=1S/C8H7BrF3NO/c9-7-4(3-14)5(8(10,11)12)1-2-6(7)13/h1-2,14H,3,13H2. The van der Waals surface area contributed by atoms with Gasteiger partial charge in [0.25, 0.3) is 0 Å². The molecule has 0 atom stereocenters. The summed E-state index contributed by atoms with van der Waals surface area (Å²) in [5.41, 5.74) is 4.44. The number of aliphatic hydroxyl groups is 1. The molecular formula is C8H7BrF3NO. The van der Waals surface area contributed by atoms with Crippen LogP contribution in [0.5, 0.6) is 0 Å². The first-order valence-electron chi connectivity index (χ1n) is 3.63. The fraction of sp³-hybridized carbons (Fsp3) is 0.250. The molecule has 6 heteroatoms. The van der Waals surface area contributed by atoms with E-state index in [0.717, 1.165) is 12.1 Å². The Labute approximate surface area is 86.7 Å². The van der Waals surface area contributed by atoms with Gasteiger partial charge in [-0.15, -0.1) is 0 Å². The average Bonchev–Trinajstić information content (AvgIpc) is 2.07. The van der Waals surface area contributed by atoms with E-state index in [1.807, 2.05) is 0 Å². The van der Waals surface area contributed by atoms with E-state index >= 15 is 0 Å². The Balaban J connectivity index is 3.39. The molecule has 0 amide bonds. The van der Waals surface area contributed by atoms with Crippen LogP contribution in [0.25, 0.3) is 0 Å². The lowest BCUT2D eigenvalue weighted by molar-refractivity contribution is -0.138. The largest absolute Gasteiger partial charge is 0.416 e. The van der Waals surface area contributed by atoms with Gasteiger partial charge in [-0.2, -0.15) is 13.2 Å². The van der Waals surface area contributed by atoms with Gasteiger partial charge in [0, 0.05) is 15.7 Å². The van der Waals surface area contributed by atoms with Crippen LogP contribution in [-0.2, 0) is 12.8 Å². The molecule has 0 aliphatic rings. The molecule has 78 valence electrons. The van der Waals surface area contributed by atoms with Gasteiger partial charge in [-0.3, -0.25) is 0 Å². The maximum Gasteiger partial charge on any atom is 0.416 e.